The van der Waals surface area contributed by atoms with Crippen LogP contribution < -0.4 is 14.4 Å². The second-order valence-corrected chi connectivity index (χ2v) is 10.5. The maximum Gasteiger partial charge on any atom is 0.254 e. The molecule has 5 rings (SSSR count). The summed E-state index contributed by atoms with van der Waals surface area (Å²) in [5.41, 5.74) is 2.73. The van der Waals surface area contributed by atoms with Crippen LogP contribution in [0.2, 0.25) is 0 Å². The number of aromatic nitrogens is 4. The molecule has 0 radical (unpaired) electrons. The van der Waals surface area contributed by atoms with E-state index in [2.05, 4.69) is 20.0 Å². The molecule has 0 bridgehead atoms. The zero-order chi connectivity index (χ0) is 25.3. The van der Waals surface area contributed by atoms with Gasteiger partial charge in [-0.3, -0.25) is 0 Å². The Morgan fingerprint density at radius 1 is 0.889 bits per heavy atom. The predicted molar refractivity (Wildman–Crippen MR) is 136 cm³/mol. The lowest BCUT2D eigenvalue weighted by Crippen LogP contribution is -2.35. The van der Waals surface area contributed by atoms with Crippen molar-refractivity contribution in [3.8, 4) is 22.6 Å². The third-order valence-electron chi connectivity index (χ3n) is 6.39. The molecule has 188 valence electrons. The van der Waals surface area contributed by atoms with Gasteiger partial charge in [0.2, 0.25) is 10.0 Å². The average Bonchev–Trinajstić information content (AvgIpc) is 3.23. The van der Waals surface area contributed by atoms with Gasteiger partial charge in [-0.15, -0.1) is 0 Å². The molecular formula is C25H28N6O4S. The first-order chi connectivity index (χ1) is 17.4. The second kappa shape index (κ2) is 9.75. The lowest BCUT2D eigenvalue weighted by Gasteiger charge is -2.26. The number of ether oxygens (including phenoxy) is 2. The van der Waals surface area contributed by atoms with Crippen LogP contribution >= 0.6 is 0 Å². The van der Waals surface area contributed by atoms with Gasteiger partial charge in [0.1, 0.15) is 12.1 Å². The SMILES string of the molecule is COc1ccc(-c2cnc3ncnn3c2N2CCCN(S(=O)(=O)c3ccc(C)cc3)CC2)cc1OC. The number of rotatable bonds is 6. The van der Waals surface area contributed by atoms with Gasteiger partial charge in [0, 0.05) is 37.9 Å². The summed E-state index contributed by atoms with van der Waals surface area (Å²) in [6.45, 7) is 3.86. The average molecular weight is 509 g/mol. The van der Waals surface area contributed by atoms with Crippen LogP contribution in [0.25, 0.3) is 16.9 Å². The van der Waals surface area contributed by atoms with Gasteiger partial charge >= 0.3 is 0 Å². The number of aryl methyl sites for hydroxylation is 1. The van der Waals surface area contributed by atoms with Gasteiger partial charge in [0.05, 0.1) is 19.1 Å². The molecule has 1 aliphatic rings. The monoisotopic (exact) mass is 508 g/mol. The van der Waals surface area contributed by atoms with Crippen LogP contribution in [0, 0.1) is 6.92 Å². The van der Waals surface area contributed by atoms with Crippen molar-refractivity contribution in [3.63, 3.8) is 0 Å². The normalized spacial score (nSPS) is 15.1. The summed E-state index contributed by atoms with van der Waals surface area (Å²) in [6.07, 6.45) is 3.90. The Morgan fingerprint density at radius 3 is 2.42 bits per heavy atom. The Morgan fingerprint density at radius 2 is 1.67 bits per heavy atom. The number of sulfonamides is 1. The zero-order valence-electron chi connectivity index (χ0n) is 20.5. The first kappa shape index (κ1) is 24.0. The minimum absolute atomic E-state index is 0.315. The van der Waals surface area contributed by atoms with E-state index in [0.717, 1.165) is 22.5 Å². The number of fused-ring (bicyclic) bond motifs is 1. The van der Waals surface area contributed by atoms with Gasteiger partial charge in [-0.25, -0.2) is 13.4 Å². The quantitative estimate of drug-likeness (QED) is 0.392. The molecule has 10 nitrogen and oxygen atoms in total. The summed E-state index contributed by atoms with van der Waals surface area (Å²) in [4.78, 5) is 11.2. The molecule has 11 heteroatoms. The van der Waals surface area contributed by atoms with Crippen LogP contribution in [0.4, 0.5) is 5.82 Å². The fourth-order valence-electron chi connectivity index (χ4n) is 4.48. The van der Waals surface area contributed by atoms with Crippen LogP contribution in [0.15, 0.2) is 59.9 Å². The van der Waals surface area contributed by atoms with E-state index in [9.17, 15) is 8.42 Å². The van der Waals surface area contributed by atoms with E-state index in [-0.39, 0.29) is 0 Å². The topological polar surface area (TPSA) is 102 Å². The van der Waals surface area contributed by atoms with Gasteiger partial charge in [-0.05, 0) is 43.2 Å². The predicted octanol–water partition coefficient (Wildman–Crippen LogP) is 3.02. The van der Waals surface area contributed by atoms with Gasteiger partial charge in [-0.1, -0.05) is 23.8 Å². The van der Waals surface area contributed by atoms with Crippen molar-refractivity contribution < 1.29 is 17.9 Å². The molecule has 0 aliphatic carbocycles. The fraction of sp³-hybridized carbons (Fsp3) is 0.320. The molecule has 0 saturated carbocycles. The highest BCUT2D eigenvalue weighted by atomic mass is 32.2. The Hall–Kier alpha value is -3.70. The van der Waals surface area contributed by atoms with Crippen LogP contribution in [-0.2, 0) is 10.0 Å². The van der Waals surface area contributed by atoms with Crippen LogP contribution in [-0.4, -0.2) is 72.7 Å². The second-order valence-electron chi connectivity index (χ2n) is 8.59. The molecule has 0 spiro atoms. The summed E-state index contributed by atoms with van der Waals surface area (Å²) in [5.74, 6) is 2.51. The van der Waals surface area contributed by atoms with E-state index in [1.54, 1.807) is 41.4 Å². The molecule has 0 unspecified atom stereocenters. The number of hydrogen-bond donors (Lipinski definition) is 0. The van der Waals surface area contributed by atoms with Crippen molar-refractivity contribution in [3.05, 3.63) is 60.6 Å². The molecule has 2 aromatic carbocycles. The summed E-state index contributed by atoms with van der Waals surface area (Å²) < 4.78 is 40.8. The van der Waals surface area contributed by atoms with E-state index in [1.807, 2.05) is 37.3 Å². The van der Waals surface area contributed by atoms with E-state index in [4.69, 9.17) is 9.47 Å². The van der Waals surface area contributed by atoms with Crippen molar-refractivity contribution >= 4 is 21.6 Å². The summed E-state index contributed by atoms with van der Waals surface area (Å²) in [7, 11) is -0.396. The van der Waals surface area contributed by atoms with E-state index < -0.39 is 10.0 Å². The van der Waals surface area contributed by atoms with Gasteiger partial charge in [0.25, 0.3) is 5.78 Å². The van der Waals surface area contributed by atoms with Crippen molar-refractivity contribution in [2.45, 2.75) is 18.2 Å². The Balaban J connectivity index is 1.51. The molecular weight excluding hydrogens is 480 g/mol. The Bertz CT molecular complexity index is 1490. The third-order valence-corrected chi connectivity index (χ3v) is 8.30. The lowest BCUT2D eigenvalue weighted by atomic mass is 10.1. The van der Waals surface area contributed by atoms with Gasteiger partial charge in [-0.2, -0.15) is 18.9 Å². The number of benzene rings is 2. The Kier molecular flexibility index (Phi) is 6.50. The Labute approximate surface area is 210 Å². The highest BCUT2D eigenvalue weighted by Gasteiger charge is 2.29. The smallest absolute Gasteiger partial charge is 0.254 e. The van der Waals surface area contributed by atoms with Crippen molar-refractivity contribution in [2.24, 2.45) is 0 Å². The number of nitrogens with zero attached hydrogens (tertiary/aromatic N) is 6. The number of hydrogen-bond acceptors (Lipinski definition) is 8. The zero-order valence-corrected chi connectivity index (χ0v) is 21.3. The minimum atomic E-state index is -3.59. The largest absolute Gasteiger partial charge is 0.493 e. The van der Waals surface area contributed by atoms with E-state index in [1.165, 1.54) is 6.33 Å². The van der Waals surface area contributed by atoms with Crippen LogP contribution in [0.3, 0.4) is 0 Å². The molecule has 36 heavy (non-hydrogen) atoms. The third kappa shape index (κ3) is 4.35. The summed E-state index contributed by atoms with van der Waals surface area (Å²) in [6, 6.07) is 12.7. The van der Waals surface area contributed by atoms with E-state index in [0.29, 0.717) is 54.8 Å². The highest BCUT2D eigenvalue weighted by molar-refractivity contribution is 7.89. The fourth-order valence-corrected chi connectivity index (χ4v) is 5.95. The highest BCUT2D eigenvalue weighted by Crippen LogP contribution is 2.36. The minimum Gasteiger partial charge on any atom is -0.493 e. The standard InChI is InChI=1S/C25H28N6O4S/c1-18-5-8-20(9-6-18)36(32,33)30-12-4-11-29(13-14-30)24-21(16-26-25-27-17-28-31(24)25)19-7-10-22(34-2)23(15-19)35-3/h5-10,15-17H,4,11-14H2,1-3H3. The summed E-state index contributed by atoms with van der Waals surface area (Å²) in [5, 5.41) is 4.42. The molecule has 0 N–H and O–H groups in total. The van der Waals surface area contributed by atoms with Gasteiger partial charge < -0.3 is 14.4 Å². The number of methoxy groups -OCH3 is 2. The molecule has 3 heterocycles. The maximum atomic E-state index is 13.3. The lowest BCUT2D eigenvalue weighted by molar-refractivity contribution is 0.355. The van der Waals surface area contributed by atoms with E-state index >= 15 is 0 Å². The first-order valence-corrected chi connectivity index (χ1v) is 13.1. The van der Waals surface area contributed by atoms with Crippen molar-refractivity contribution in [1.29, 1.82) is 0 Å². The molecule has 4 aromatic rings. The molecule has 2 aromatic heterocycles. The molecule has 1 aliphatic heterocycles. The van der Waals surface area contributed by atoms with Crippen molar-refractivity contribution in [1.82, 2.24) is 23.9 Å². The first-order valence-electron chi connectivity index (χ1n) is 11.7. The summed E-state index contributed by atoms with van der Waals surface area (Å²) >= 11 is 0. The molecule has 1 saturated heterocycles. The molecule has 0 amide bonds. The molecule has 0 atom stereocenters. The maximum absolute atomic E-state index is 13.3. The van der Waals surface area contributed by atoms with Crippen LogP contribution in [0.1, 0.15) is 12.0 Å². The van der Waals surface area contributed by atoms with Crippen molar-refractivity contribution in [2.75, 3.05) is 45.3 Å². The number of anilines is 1. The van der Waals surface area contributed by atoms with Gasteiger partial charge in [0.15, 0.2) is 11.5 Å². The van der Waals surface area contributed by atoms with Crippen LogP contribution in [0.5, 0.6) is 11.5 Å². The molecule has 1 fully saturated rings.